The molecule has 1 aromatic heterocycles. The van der Waals surface area contributed by atoms with E-state index in [1.54, 1.807) is 6.92 Å². The first-order chi connectivity index (χ1) is 8.38. The number of nitrogens with one attached hydrogen (secondary N) is 1. The van der Waals surface area contributed by atoms with E-state index < -0.39 is 24.7 Å². The number of aromatic nitrogens is 3. The molecule has 1 aliphatic carbocycles. The third-order valence-corrected chi connectivity index (χ3v) is 3.02. The second kappa shape index (κ2) is 4.58. The number of amides is 1. The lowest BCUT2D eigenvalue weighted by molar-refractivity contribution is -0.144. The molecule has 1 aromatic rings. The molecule has 0 bridgehead atoms. The van der Waals surface area contributed by atoms with Crippen molar-refractivity contribution in [3.05, 3.63) is 12.2 Å². The van der Waals surface area contributed by atoms with E-state index in [4.69, 9.17) is 0 Å². The minimum absolute atomic E-state index is 0.152. The largest absolute Gasteiger partial charge is 0.406 e. The predicted molar refractivity (Wildman–Crippen MR) is 55.7 cm³/mol. The van der Waals surface area contributed by atoms with Crippen LogP contribution < -0.4 is 0 Å². The number of carbonyl (C=O) groups is 1. The molecule has 0 aliphatic heterocycles. The van der Waals surface area contributed by atoms with Gasteiger partial charge in [0.2, 0.25) is 5.82 Å². The van der Waals surface area contributed by atoms with E-state index >= 15 is 0 Å². The highest BCUT2D eigenvalue weighted by molar-refractivity contribution is 5.90. The van der Waals surface area contributed by atoms with Crippen LogP contribution in [0.2, 0.25) is 0 Å². The Bertz CT molecular complexity index is 413. The molecule has 0 radical (unpaired) electrons. The molecule has 5 nitrogen and oxygen atoms in total. The lowest BCUT2D eigenvalue weighted by atomic mass is 10.1. The van der Waals surface area contributed by atoms with Gasteiger partial charge < -0.3 is 4.90 Å². The van der Waals surface area contributed by atoms with Gasteiger partial charge in [0.15, 0.2) is 0 Å². The van der Waals surface area contributed by atoms with Crippen molar-refractivity contribution in [3.63, 3.8) is 0 Å². The van der Waals surface area contributed by atoms with Crippen LogP contribution in [0.25, 0.3) is 0 Å². The van der Waals surface area contributed by atoms with Crippen LogP contribution in [-0.4, -0.2) is 44.8 Å². The lowest BCUT2D eigenvalue weighted by Crippen LogP contribution is -2.45. The summed E-state index contributed by atoms with van der Waals surface area (Å²) in [7, 11) is 0. The highest BCUT2D eigenvalue weighted by atomic mass is 19.4. The molecule has 1 fully saturated rings. The quantitative estimate of drug-likeness (QED) is 0.896. The third kappa shape index (κ3) is 2.99. The van der Waals surface area contributed by atoms with Crippen molar-refractivity contribution in [2.75, 3.05) is 6.54 Å². The second-order valence-corrected chi connectivity index (χ2v) is 4.46. The van der Waals surface area contributed by atoms with Gasteiger partial charge in [-0.25, -0.2) is 4.98 Å². The normalized spacial score (nSPS) is 17.6. The Labute approximate surface area is 101 Å². The van der Waals surface area contributed by atoms with E-state index in [1.807, 2.05) is 0 Å². The molecular formula is C10H13F3N4O. The predicted octanol–water partition coefficient (Wildman–Crippen LogP) is 1.61. The van der Waals surface area contributed by atoms with Gasteiger partial charge in [0.1, 0.15) is 12.9 Å². The highest BCUT2D eigenvalue weighted by Gasteiger charge is 2.41. The zero-order valence-corrected chi connectivity index (χ0v) is 9.74. The summed E-state index contributed by atoms with van der Waals surface area (Å²) < 4.78 is 37.5. The number of halogens is 3. The maximum atomic E-state index is 12.5. The van der Waals surface area contributed by atoms with E-state index in [2.05, 4.69) is 15.2 Å². The van der Waals surface area contributed by atoms with Crippen LogP contribution in [0.3, 0.4) is 0 Å². The Kier molecular flexibility index (Phi) is 3.27. The summed E-state index contributed by atoms with van der Waals surface area (Å²) in [6.07, 6.45) is -1.60. The molecule has 100 valence electrons. The molecule has 1 saturated carbocycles. The van der Waals surface area contributed by atoms with Gasteiger partial charge in [-0.1, -0.05) is 0 Å². The van der Waals surface area contributed by atoms with Crippen molar-refractivity contribution < 1.29 is 18.0 Å². The van der Waals surface area contributed by atoms with Crippen LogP contribution >= 0.6 is 0 Å². The monoisotopic (exact) mass is 262 g/mol. The maximum absolute atomic E-state index is 12.5. The molecule has 1 aliphatic rings. The number of hydrogen-bond donors (Lipinski definition) is 1. The Hall–Kier alpha value is -1.60. The average molecular weight is 262 g/mol. The fourth-order valence-electron chi connectivity index (χ4n) is 1.87. The zero-order chi connectivity index (χ0) is 13.3. The first kappa shape index (κ1) is 12.8. The molecule has 0 spiro atoms. The standard InChI is InChI=1S/C10H13F3N4O/c1-6(7-2-3-7)17(4-10(11,12)13)9(18)8-14-5-15-16-8/h5-7H,2-4H2,1H3,(H,14,15,16). The van der Waals surface area contributed by atoms with Gasteiger partial charge in [-0.15, -0.1) is 0 Å². The van der Waals surface area contributed by atoms with Crippen LogP contribution in [0, 0.1) is 5.92 Å². The van der Waals surface area contributed by atoms with E-state index in [0.717, 1.165) is 24.1 Å². The zero-order valence-electron chi connectivity index (χ0n) is 9.74. The second-order valence-electron chi connectivity index (χ2n) is 4.46. The van der Waals surface area contributed by atoms with E-state index in [0.29, 0.717) is 0 Å². The van der Waals surface area contributed by atoms with Gasteiger partial charge in [-0.05, 0) is 25.7 Å². The SMILES string of the molecule is CC(C1CC1)N(CC(F)(F)F)C(=O)c1ncn[nH]1. The van der Waals surface area contributed by atoms with Gasteiger partial charge in [0, 0.05) is 6.04 Å². The van der Waals surface area contributed by atoms with Crippen LogP contribution in [0.5, 0.6) is 0 Å². The van der Waals surface area contributed by atoms with Crippen molar-refractivity contribution in [1.82, 2.24) is 20.1 Å². The molecule has 1 N–H and O–H groups in total. The molecule has 1 unspecified atom stereocenters. The number of alkyl halides is 3. The van der Waals surface area contributed by atoms with Crippen LogP contribution in [0.4, 0.5) is 13.2 Å². The summed E-state index contributed by atoms with van der Waals surface area (Å²) in [5, 5.41) is 5.77. The Morgan fingerprint density at radius 1 is 1.61 bits per heavy atom. The van der Waals surface area contributed by atoms with Gasteiger partial charge in [-0.3, -0.25) is 9.89 Å². The minimum atomic E-state index is -4.42. The number of H-pyrrole nitrogens is 1. The van der Waals surface area contributed by atoms with Crippen molar-refractivity contribution in [3.8, 4) is 0 Å². The van der Waals surface area contributed by atoms with Crippen molar-refractivity contribution in [1.29, 1.82) is 0 Å². The van der Waals surface area contributed by atoms with Crippen molar-refractivity contribution in [2.45, 2.75) is 32.0 Å². The first-order valence-corrected chi connectivity index (χ1v) is 5.61. The van der Waals surface area contributed by atoms with Gasteiger partial charge in [-0.2, -0.15) is 18.3 Å². The minimum Gasteiger partial charge on any atom is -0.324 e. The summed E-state index contributed by atoms with van der Waals surface area (Å²) in [4.78, 5) is 16.4. The molecule has 0 saturated heterocycles. The fraction of sp³-hybridized carbons (Fsp3) is 0.700. The van der Waals surface area contributed by atoms with Gasteiger partial charge in [0.25, 0.3) is 5.91 Å². The molecule has 0 aromatic carbocycles. The van der Waals surface area contributed by atoms with Crippen LogP contribution in [0.1, 0.15) is 30.4 Å². The Morgan fingerprint density at radius 3 is 2.72 bits per heavy atom. The number of aromatic amines is 1. The number of hydrogen-bond acceptors (Lipinski definition) is 3. The highest BCUT2D eigenvalue weighted by Crippen LogP contribution is 2.36. The summed E-state index contributed by atoms with van der Waals surface area (Å²) >= 11 is 0. The summed E-state index contributed by atoms with van der Waals surface area (Å²) in [6.45, 7) is 0.377. The maximum Gasteiger partial charge on any atom is 0.406 e. The molecule has 1 amide bonds. The number of rotatable bonds is 4. The molecule has 8 heteroatoms. The smallest absolute Gasteiger partial charge is 0.324 e. The summed E-state index contributed by atoms with van der Waals surface area (Å²) in [5.74, 6) is -0.768. The van der Waals surface area contributed by atoms with E-state index in [-0.39, 0.29) is 11.7 Å². The summed E-state index contributed by atoms with van der Waals surface area (Å²) in [5.41, 5.74) is 0. The molecular weight excluding hydrogens is 249 g/mol. The van der Waals surface area contributed by atoms with Crippen LogP contribution in [0.15, 0.2) is 6.33 Å². The third-order valence-electron chi connectivity index (χ3n) is 3.02. The topological polar surface area (TPSA) is 61.9 Å². The number of nitrogens with zero attached hydrogens (tertiary/aromatic N) is 3. The van der Waals surface area contributed by atoms with Gasteiger partial charge in [0.05, 0.1) is 0 Å². The number of carbonyl (C=O) groups excluding carboxylic acids is 1. The van der Waals surface area contributed by atoms with Crippen molar-refractivity contribution >= 4 is 5.91 Å². The van der Waals surface area contributed by atoms with E-state index in [1.165, 1.54) is 0 Å². The first-order valence-electron chi connectivity index (χ1n) is 5.61. The molecule has 1 atom stereocenters. The molecule has 18 heavy (non-hydrogen) atoms. The Balaban J connectivity index is 2.15. The fourth-order valence-corrected chi connectivity index (χ4v) is 1.87. The van der Waals surface area contributed by atoms with Crippen LogP contribution in [-0.2, 0) is 0 Å². The molecule has 2 rings (SSSR count). The summed E-state index contributed by atoms with van der Waals surface area (Å²) in [6, 6.07) is -0.441. The average Bonchev–Trinajstić information content (AvgIpc) is 2.98. The lowest BCUT2D eigenvalue weighted by Gasteiger charge is -2.29. The Morgan fingerprint density at radius 2 is 2.28 bits per heavy atom. The van der Waals surface area contributed by atoms with Crippen molar-refractivity contribution in [2.24, 2.45) is 5.92 Å². The molecule has 1 heterocycles. The van der Waals surface area contributed by atoms with E-state index in [9.17, 15) is 18.0 Å². The van der Waals surface area contributed by atoms with Gasteiger partial charge >= 0.3 is 6.18 Å².